The highest BCUT2D eigenvalue weighted by molar-refractivity contribution is 5.99. The smallest absolute Gasteiger partial charge is 0.416 e. The molecule has 0 fully saturated rings. The van der Waals surface area contributed by atoms with Gasteiger partial charge < -0.3 is 5.11 Å². The number of aliphatic carboxylic acids is 1. The largest absolute Gasteiger partial charge is 0.481 e. The highest BCUT2D eigenvalue weighted by Crippen LogP contribution is 2.35. The maximum atomic E-state index is 12.9. The minimum Gasteiger partial charge on any atom is -0.481 e. The fraction of sp³-hybridized carbons (Fsp3) is 0.105. The van der Waals surface area contributed by atoms with Gasteiger partial charge in [-0.25, -0.2) is 0 Å². The molecule has 0 saturated heterocycles. The van der Waals surface area contributed by atoms with Gasteiger partial charge >= 0.3 is 12.1 Å². The van der Waals surface area contributed by atoms with Crippen LogP contribution in [-0.4, -0.2) is 11.1 Å². The van der Waals surface area contributed by atoms with E-state index in [2.05, 4.69) is 0 Å². The molecule has 0 radical (unpaired) electrons. The minimum atomic E-state index is -4.41. The van der Waals surface area contributed by atoms with E-state index in [0.29, 0.717) is 16.7 Å². The van der Waals surface area contributed by atoms with Crippen molar-refractivity contribution < 1.29 is 23.1 Å². The summed E-state index contributed by atoms with van der Waals surface area (Å²) < 4.78 is 38.8. The molecule has 0 spiro atoms. The molecule has 0 aliphatic rings. The van der Waals surface area contributed by atoms with Gasteiger partial charge in [-0.3, -0.25) is 4.79 Å². The van der Waals surface area contributed by atoms with Crippen molar-refractivity contribution in [2.75, 3.05) is 0 Å². The first-order chi connectivity index (χ1) is 11.4. The number of hydrogen-bond acceptors (Lipinski definition) is 1. The first kappa shape index (κ1) is 16.1. The summed E-state index contributed by atoms with van der Waals surface area (Å²) in [6.07, 6.45) is -4.54. The van der Waals surface area contributed by atoms with E-state index in [4.69, 9.17) is 5.11 Å². The third kappa shape index (κ3) is 3.11. The quantitative estimate of drug-likeness (QED) is 0.721. The first-order valence-electron chi connectivity index (χ1n) is 7.26. The van der Waals surface area contributed by atoms with Crippen molar-refractivity contribution in [2.45, 2.75) is 12.6 Å². The van der Waals surface area contributed by atoms with E-state index in [0.717, 1.165) is 22.9 Å². The second-order valence-electron chi connectivity index (χ2n) is 5.47. The number of benzene rings is 3. The SMILES string of the molecule is O=C(O)Cc1ccc(-c2cccc(C(F)(F)F)c2)c2ccccc12. The molecule has 0 amide bonds. The maximum Gasteiger partial charge on any atom is 0.416 e. The lowest BCUT2D eigenvalue weighted by molar-refractivity contribution is -0.138. The van der Waals surface area contributed by atoms with E-state index in [9.17, 15) is 18.0 Å². The van der Waals surface area contributed by atoms with Crippen molar-refractivity contribution in [1.29, 1.82) is 0 Å². The van der Waals surface area contributed by atoms with Gasteiger partial charge in [0.2, 0.25) is 0 Å². The molecule has 3 aromatic rings. The Morgan fingerprint density at radius 3 is 2.29 bits per heavy atom. The summed E-state index contributed by atoms with van der Waals surface area (Å²) in [5.41, 5.74) is 1.02. The molecule has 3 rings (SSSR count). The number of fused-ring (bicyclic) bond motifs is 1. The summed E-state index contributed by atoms with van der Waals surface area (Å²) in [4.78, 5) is 11.0. The van der Waals surface area contributed by atoms with E-state index >= 15 is 0 Å². The predicted octanol–water partition coefficient (Wildman–Crippen LogP) is 5.15. The molecule has 0 atom stereocenters. The number of carbonyl (C=O) groups is 1. The van der Waals surface area contributed by atoms with Gasteiger partial charge in [0.05, 0.1) is 12.0 Å². The molecule has 24 heavy (non-hydrogen) atoms. The van der Waals surface area contributed by atoms with Gasteiger partial charge in [-0.2, -0.15) is 13.2 Å². The zero-order chi connectivity index (χ0) is 17.3. The highest BCUT2D eigenvalue weighted by Gasteiger charge is 2.30. The Morgan fingerprint density at radius 2 is 1.62 bits per heavy atom. The third-order valence-electron chi connectivity index (χ3n) is 3.86. The Labute approximate surface area is 136 Å². The van der Waals surface area contributed by atoms with Gasteiger partial charge in [0, 0.05) is 0 Å². The van der Waals surface area contributed by atoms with Crippen molar-refractivity contribution in [3.8, 4) is 11.1 Å². The first-order valence-corrected chi connectivity index (χ1v) is 7.26. The summed E-state index contributed by atoms with van der Waals surface area (Å²) in [6.45, 7) is 0. The molecular weight excluding hydrogens is 317 g/mol. The lowest BCUT2D eigenvalue weighted by Crippen LogP contribution is -2.04. The molecule has 0 bridgehead atoms. The van der Waals surface area contributed by atoms with Crippen molar-refractivity contribution in [1.82, 2.24) is 0 Å². The minimum absolute atomic E-state index is 0.136. The molecule has 3 aromatic carbocycles. The second kappa shape index (κ2) is 6.00. The Balaban J connectivity index is 2.20. The molecule has 0 heterocycles. The van der Waals surface area contributed by atoms with Crippen LogP contribution in [0.3, 0.4) is 0 Å². The molecular formula is C19H13F3O2. The number of rotatable bonds is 3. The van der Waals surface area contributed by atoms with Crippen LogP contribution in [0, 0.1) is 0 Å². The van der Waals surface area contributed by atoms with E-state index in [-0.39, 0.29) is 6.42 Å². The van der Waals surface area contributed by atoms with Crippen LogP contribution in [0.25, 0.3) is 21.9 Å². The van der Waals surface area contributed by atoms with Crippen molar-refractivity contribution in [3.63, 3.8) is 0 Å². The fourth-order valence-corrected chi connectivity index (χ4v) is 2.79. The third-order valence-corrected chi connectivity index (χ3v) is 3.86. The van der Waals surface area contributed by atoms with E-state index in [1.165, 1.54) is 6.07 Å². The molecule has 122 valence electrons. The van der Waals surface area contributed by atoms with Crippen LogP contribution < -0.4 is 0 Å². The van der Waals surface area contributed by atoms with E-state index < -0.39 is 17.7 Å². The van der Waals surface area contributed by atoms with Gasteiger partial charge in [-0.05, 0) is 39.6 Å². The number of carboxylic acids is 1. The molecule has 0 aromatic heterocycles. The normalized spacial score (nSPS) is 11.6. The predicted molar refractivity (Wildman–Crippen MR) is 85.7 cm³/mol. The van der Waals surface area contributed by atoms with Gasteiger partial charge in [-0.15, -0.1) is 0 Å². The molecule has 0 unspecified atom stereocenters. The van der Waals surface area contributed by atoms with Crippen LogP contribution >= 0.6 is 0 Å². The van der Waals surface area contributed by atoms with Crippen molar-refractivity contribution in [3.05, 3.63) is 71.8 Å². The zero-order valence-corrected chi connectivity index (χ0v) is 12.5. The molecule has 2 nitrogen and oxygen atoms in total. The topological polar surface area (TPSA) is 37.3 Å². The van der Waals surface area contributed by atoms with Crippen LogP contribution in [-0.2, 0) is 17.4 Å². The van der Waals surface area contributed by atoms with Crippen LogP contribution in [0.4, 0.5) is 13.2 Å². The Hall–Kier alpha value is -2.82. The average molecular weight is 330 g/mol. The second-order valence-corrected chi connectivity index (χ2v) is 5.47. The van der Waals surface area contributed by atoms with Gasteiger partial charge in [-0.1, -0.05) is 48.5 Å². The zero-order valence-electron chi connectivity index (χ0n) is 12.5. The van der Waals surface area contributed by atoms with Crippen molar-refractivity contribution in [2.24, 2.45) is 0 Å². The summed E-state index contributed by atoms with van der Waals surface area (Å²) in [7, 11) is 0. The average Bonchev–Trinajstić information content (AvgIpc) is 2.54. The summed E-state index contributed by atoms with van der Waals surface area (Å²) in [6, 6.07) is 15.6. The molecule has 0 aliphatic carbocycles. The summed E-state index contributed by atoms with van der Waals surface area (Å²) in [5, 5.41) is 10.5. The molecule has 0 aliphatic heterocycles. The van der Waals surface area contributed by atoms with Crippen LogP contribution in [0.2, 0.25) is 0 Å². The van der Waals surface area contributed by atoms with Crippen molar-refractivity contribution >= 4 is 16.7 Å². The number of carboxylic acid groups (broad SMARTS) is 1. The van der Waals surface area contributed by atoms with E-state index in [1.807, 2.05) is 0 Å². The fourth-order valence-electron chi connectivity index (χ4n) is 2.79. The number of alkyl halides is 3. The maximum absolute atomic E-state index is 12.9. The molecule has 0 saturated carbocycles. The number of hydrogen-bond donors (Lipinski definition) is 1. The summed E-state index contributed by atoms with van der Waals surface area (Å²) >= 11 is 0. The van der Waals surface area contributed by atoms with Gasteiger partial charge in [0.1, 0.15) is 0 Å². The molecule has 5 heteroatoms. The molecule has 1 N–H and O–H groups in total. The van der Waals surface area contributed by atoms with Gasteiger partial charge in [0.25, 0.3) is 0 Å². The van der Waals surface area contributed by atoms with E-state index in [1.54, 1.807) is 42.5 Å². The standard InChI is InChI=1S/C19H13F3O2/c20-19(21,22)14-5-3-4-12(10-14)16-9-8-13(11-18(23)24)15-6-1-2-7-17(15)16/h1-10H,11H2,(H,23,24). The van der Waals surface area contributed by atoms with Crippen LogP contribution in [0.1, 0.15) is 11.1 Å². The Morgan fingerprint density at radius 1 is 0.917 bits per heavy atom. The summed E-state index contributed by atoms with van der Waals surface area (Å²) in [5.74, 6) is -0.952. The Bertz CT molecular complexity index is 914. The lowest BCUT2D eigenvalue weighted by Gasteiger charge is -2.13. The van der Waals surface area contributed by atoms with Crippen LogP contribution in [0.5, 0.6) is 0 Å². The van der Waals surface area contributed by atoms with Crippen LogP contribution in [0.15, 0.2) is 60.7 Å². The Kier molecular flexibility index (Phi) is 4.01. The highest BCUT2D eigenvalue weighted by atomic mass is 19.4. The monoisotopic (exact) mass is 330 g/mol. The number of halogens is 3. The van der Waals surface area contributed by atoms with Gasteiger partial charge in [0.15, 0.2) is 0 Å². The lowest BCUT2D eigenvalue weighted by atomic mass is 9.93.